The lowest BCUT2D eigenvalue weighted by Gasteiger charge is -2.61. The highest BCUT2D eigenvalue weighted by molar-refractivity contribution is 5.78. The van der Waals surface area contributed by atoms with Gasteiger partial charge in [0, 0.05) is 12.8 Å². The lowest BCUT2D eigenvalue weighted by molar-refractivity contribution is -0.252. The van der Waals surface area contributed by atoms with Gasteiger partial charge in [-0.15, -0.1) is 0 Å². The van der Waals surface area contributed by atoms with Crippen LogP contribution in [0.4, 0.5) is 13.2 Å². The number of alkyl halides is 3. The van der Waals surface area contributed by atoms with Crippen molar-refractivity contribution in [1.82, 2.24) is 0 Å². The second kappa shape index (κ2) is 5.13. The fourth-order valence-electron chi connectivity index (χ4n) is 5.48. The first kappa shape index (κ1) is 18.0. The zero-order valence-electron chi connectivity index (χ0n) is 14.4. The third-order valence-corrected chi connectivity index (χ3v) is 6.58. The average Bonchev–Trinajstić information content (AvgIpc) is 2.51. The molecule has 0 aromatic heterocycles. The maximum Gasteiger partial charge on any atom is 0.404 e. The molecular formula is C18H21F3N2O2. The van der Waals surface area contributed by atoms with Gasteiger partial charge in [0.25, 0.3) is 0 Å². The molecule has 4 nitrogen and oxygen atoms in total. The lowest BCUT2D eigenvalue weighted by atomic mass is 9.43. The second-order valence-electron chi connectivity index (χ2n) is 8.55. The van der Waals surface area contributed by atoms with Gasteiger partial charge < -0.3 is 4.74 Å². The summed E-state index contributed by atoms with van der Waals surface area (Å²) in [4.78, 5) is 12.5. The molecule has 25 heavy (non-hydrogen) atoms. The summed E-state index contributed by atoms with van der Waals surface area (Å²) in [5, 5.41) is 19.3. The maximum absolute atomic E-state index is 13.4. The Labute approximate surface area is 144 Å². The van der Waals surface area contributed by atoms with E-state index >= 15 is 0 Å². The summed E-state index contributed by atoms with van der Waals surface area (Å²) in [7, 11) is 0. The molecule has 0 spiro atoms. The van der Waals surface area contributed by atoms with E-state index < -0.39 is 40.4 Å². The van der Waals surface area contributed by atoms with Crippen LogP contribution in [-0.2, 0) is 9.53 Å². The number of nitriles is 2. The molecule has 4 bridgehead atoms. The Balaban J connectivity index is 1.94. The molecule has 0 aliphatic heterocycles. The molecule has 4 aliphatic carbocycles. The highest BCUT2D eigenvalue weighted by Crippen LogP contribution is 2.67. The molecule has 7 heteroatoms. The Morgan fingerprint density at radius 3 is 2.04 bits per heavy atom. The van der Waals surface area contributed by atoms with Gasteiger partial charge in [-0.2, -0.15) is 23.7 Å². The fraction of sp³-hybridized carbons (Fsp3) is 0.833. The second-order valence-corrected chi connectivity index (χ2v) is 8.55. The molecule has 0 heterocycles. The number of rotatable bonds is 3. The van der Waals surface area contributed by atoms with E-state index in [0.29, 0.717) is 25.7 Å². The third-order valence-electron chi connectivity index (χ3n) is 6.58. The molecule has 4 rings (SSSR count). The van der Waals surface area contributed by atoms with Gasteiger partial charge in [-0.1, -0.05) is 6.92 Å². The van der Waals surface area contributed by atoms with Gasteiger partial charge in [-0.25, -0.2) is 0 Å². The van der Waals surface area contributed by atoms with Gasteiger partial charge in [0.1, 0.15) is 5.60 Å². The van der Waals surface area contributed by atoms with Crippen molar-refractivity contribution >= 4 is 5.97 Å². The summed E-state index contributed by atoms with van der Waals surface area (Å²) in [5.41, 5.74) is -5.23. The van der Waals surface area contributed by atoms with E-state index in [9.17, 15) is 28.5 Å². The number of ether oxygens (including phenoxy) is 1. The molecule has 136 valence electrons. The molecule has 4 saturated carbocycles. The Morgan fingerprint density at radius 2 is 1.64 bits per heavy atom. The predicted octanol–water partition coefficient (Wildman–Crippen LogP) is 4.26. The number of hydrogen-bond donors (Lipinski definition) is 0. The van der Waals surface area contributed by atoms with Crippen LogP contribution in [0.3, 0.4) is 0 Å². The van der Waals surface area contributed by atoms with Crippen molar-refractivity contribution in [3.05, 3.63) is 0 Å². The van der Waals surface area contributed by atoms with Gasteiger partial charge in [0.05, 0.1) is 23.0 Å². The SMILES string of the molecule is CCC(C)(C(=O)OC12CC3CC(C#N)(CC(C#N)(C3)C1)C2)C(F)(F)F. The van der Waals surface area contributed by atoms with E-state index in [0.717, 1.165) is 6.92 Å². The van der Waals surface area contributed by atoms with E-state index in [1.165, 1.54) is 6.92 Å². The first-order chi connectivity index (χ1) is 11.5. The number of carbonyl (C=O) groups excluding carboxylic acids is 1. The average molecular weight is 354 g/mol. The molecule has 4 fully saturated rings. The normalized spacial score (nSPS) is 41.5. The molecule has 3 unspecified atom stereocenters. The zero-order chi connectivity index (χ0) is 18.7. The molecular weight excluding hydrogens is 333 g/mol. The summed E-state index contributed by atoms with van der Waals surface area (Å²) in [6, 6.07) is 4.57. The Hall–Kier alpha value is -1.76. The molecule has 0 saturated heterocycles. The number of nitrogens with zero attached hydrogens (tertiary/aromatic N) is 2. The molecule has 4 aliphatic rings. The minimum Gasteiger partial charge on any atom is -0.458 e. The van der Waals surface area contributed by atoms with Gasteiger partial charge in [0.15, 0.2) is 5.41 Å². The molecule has 0 amide bonds. The van der Waals surface area contributed by atoms with Crippen LogP contribution in [0.1, 0.15) is 58.8 Å². The molecule has 3 atom stereocenters. The maximum atomic E-state index is 13.4. The van der Waals surface area contributed by atoms with Gasteiger partial charge in [0.2, 0.25) is 0 Å². The standard InChI is InChI=1S/C18H21F3N2O2/c1-3-14(2,18(19,20)21)13(24)25-17-6-12-4-15(8-17,10-22)7-16(5-12,9-17)11-23/h12H,3-9H2,1-2H3. The van der Waals surface area contributed by atoms with E-state index in [2.05, 4.69) is 12.1 Å². The van der Waals surface area contributed by atoms with Crippen LogP contribution in [0.15, 0.2) is 0 Å². The van der Waals surface area contributed by atoms with Crippen LogP contribution >= 0.6 is 0 Å². The number of halogens is 3. The van der Waals surface area contributed by atoms with E-state index in [1.54, 1.807) is 0 Å². The molecule has 0 radical (unpaired) electrons. The van der Waals surface area contributed by atoms with Crippen molar-refractivity contribution in [3.63, 3.8) is 0 Å². The van der Waals surface area contributed by atoms with Crippen LogP contribution in [0.25, 0.3) is 0 Å². The minimum atomic E-state index is -4.71. The topological polar surface area (TPSA) is 73.9 Å². The van der Waals surface area contributed by atoms with Crippen molar-refractivity contribution in [2.24, 2.45) is 22.2 Å². The highest BCUT2D eigenvalue weighted by Gasteiger charge is 2.67. The van der Waals surface area contributed by atoms with Crippen molar-refractivity contribution in [1.29, 1.82) is 10.5 Å². The molecule has 0 aromatic carbocycles. The molecule has 0 aromatic rings. The Kier molecular flexibility index (Phi) is 3.70. The Morgan fingerprint density at radius 1 is 1.12 bits per heavy atom. The fourth-order valence-corrected chi connectivity index (χ4v) is 5.48. The number of carbonyl (C=O) groups is 1. The summed E-state index contributed by atoms with van der Waals surface area (Å²) in [5.74, 6) is -1.24. The summed E-state index contributed by atoms with van der Waals surface area (Å²) in [6.07, 6.45) is -2.51. The number of esters is 1. The van der Waals surface area contributed by atoms with Gasteiger partial charge >= 0.3 is 12.1 Å². The van der Waals surface area contributed by atoms with Crippen molar-refractivity contribution in [2.75, 3.05) is 0 Å². The van der Waals surface area contributed by atoms with Crippen LogP contribution in [0.5, 0.6) is 0 Å². The monoisotopic (exact) mass is 354 g/mol. The summed E-state index contributed by atoms with van der Waals surface area (Å²) >= 11 is 0. The van der Waals surface area contributed by atoms with E-state index in [-0.39, 0.29) is 18.8 Å². The Bertz CT molecular complexity index is 660. The highest BCUT2D eigenvalue weighted by atomic mass is 19.4. The lowest BCUT2D eigenvalue weighted by Crippen LogP contribution is -2.62. The van der Waals surface area contributed by atoms with Crippen molar-refractivity contribution in [3.8, 4) is 12.1 Å². The smallest absolute Gasteiger partial charge is 0.404 e. The van der Waals surface area contributed by atoms with Crippen LogP contribution in [0, 0.1) is 44.8 Å². The van der Waals surface area contributed by atoms with Gasteiger partial charge in [-0.3, -0.25) is 4.79 Å². The van der Waals surface area contributed by atoms with Crippen molar-refractivity contribution < 1.29 is 22.7 Å². The van der Waals surface area contributed by atoms with Crippen LogP contribution < -0.4 is 0 Å². The van der Waals surface area contributed by atoms with E-state index in [1.807, 2.05) is 0 Å². The molecule has 0 N–H and O–H groups in total. The summed E-state index contributed by atoms with van der Waals surface area (Å²) < 4.78 is 45.7. The third kappa shape index (κ3) is 2.51. The van der Waals surface area contributed by atoms with Crippen molar-refractivity contribution in [2.45, 2.75) is 70.6 Å². The first-order valence-corrected chi connectivity index (χ1v) is 8.59. The van der Waals surface area contributed by atoms with Gasteiger partial charge in [-0.05, 0) is 44.9 Å². The largest absolute Gasteiger partial charge is 0.458 e. The first-order valence-electron chi connectivity index (χ1n) is 8.59. The van der Waals surface area contributed by atoms with E-state index in [4.69, 9.17) is 4.74 Å². The quantitative estimate of drug-likeness (QED) is 0.710. The predicted molar refractivity (Wildman–Crippen MR) is 80.6 cm³/mol. The minimum absolute atomic E-state index is 0.0436. The number of hydrogen-bond acceptors (Lipinski definition) is 4. The van der Waals surface area contributed by atoms with Crippen LogP contribution in [-0.4, -0.2) is 17.7 Å². The zero-order valence-corrected chi connectivity index (χ0v) is 14.4. The van der Waals surface area contributed by atoms with Crippen LogP contribution in [0.2, 0.25) is 0 Å². The summed E-state index contributed by atoms with van der Waals surface area (Å²) in [6.45, 7) is 2.16.